The summed E-state index contributed by atoms with van der Waals surface area (Å²) < 4.78 is 0. The third kappa shape index (κ3) is 1.72. The second-order valence-corrected chi connectivity index (χ2v) is 4.30. The molecule has 0 atom stereocenters. The first-order chi connectivity index (χ1) is 5.84. The molecule has 0 radical (unpaired) electrons. The van der Waals surface area contributed by atoms with Crippen molar-refractivity contribution in [2.45, 2.75) is 36.1 Å². The lowest BCUT2D eigenvalue weighted by Gasteiger charge is -2.03. The fourth-order valence-electron chi connectivity index (χ4n) is 1.47. The Morgan fingerprint density at radius 3 is 2.75 bits per heavy atom. The topological polar surface area (TPSA) is 61.5 Å². The number of aromatic nitrogens is 3. The van der Waals surface area contributed by atoms with Gasteiger partial charge in [0, 0.05) is 5.25 Å². The first kappa shape index (κ1) is 7.91. The van der Waals surface area contributed by atoms with E-state index in [4.69, 9.17) is 0 Å². The molecular weight excluding hydrogens is 174 g/mol. The van der Waals surface area contributed by atoms with Crippen molar-refractivity contribution < 1.29 is 0 Å². The lowest BCUT2D eigenvalue weighted by Crippen LogP contribution is -2.01. The zero-order valence-electron chi connectivity index (χ0n) is 6.67. The van der Waals surface area contributed by atoms with Gasteiger partial charge in [0.25, 0.3) is 0 Å². The molecule has 1 aromatic rings. The Balaban J connectivity index is 1.98. The number of rotatable bonds is 2. The fourth-order valence-corrected chi connectivity index (χ4v) is 2.61. The summed E-state index contributed by atoms with van der Waals surface area (Å²) in [5.41, 5.74) is -0.213. The van der Waals surface area contributed by atoms with Gasteiger partial charge in [0.05, 0.1) is 0 Å². The Morgan fingerprint density at radius 1 is 1.42 bits per heavy atom. The number of hydrogen-bond donors (Lipinski definition) is 2. The van der Waals surface area contributed by atoms with Crippen molar-refractivity contribution in [3.8, 4) is 0 Å². The maximum atomic E-state index is 10.7. The van der Waals surface area contributed by atoms with Gasteiger partial charge in [-0.1, -0.05) is 24.6 Å². The van der Waals surface area contributed by atoms with Gasteiger partial charge in [0.1, 0.15) is 0 Å². The van der Waals surface area contributed by atoms with Gasteiger partial charge in [-0.3, -0.25) is 4.98 Å². The number of thioether (sulfide) groups is 1. The van der Waals surface area contributed by atoms with Gasteiger partial charge >= 0.3 is 5.69 Å². The average Bonchev–Trinajstić information content (AvgIpc) is 2.63. The molecule has 0 spiro atoms. The third-order valence-electron chi connectivity index (χ3n) is 2.06. The molecule has 12 heavy (non-hydrogen) atoms. The van der Waals surface area contributed by atoms with Crippen LogP contribution in [0.25, 0.3) is 0 Å². The van der Waals surface area contributed by atoms with Gasteiger partial charge in [-0.15, -0.1) is 5.10 Å². The second kappa shape index (κ2) is 3.35. The van der Waals surface area contributed by atoms with E-state index in [1.807, 2.05) is 0 Å². The quantitative estimate of drug-likeness (QED) is 0.726. The lowest BCUT2D eigenvalue weighted by molar-refractivity contribution is 0.886. The molecule has 5 heteroatoms. The molecule has 0 unspecified atom stereocenters. The van der Waals surface area contributed by atoms with Crippen LogP contribution < -0.4 is 5.69 Å². The zero-order chi connectivity index (χ0) is 8.39. The van der Waals surface area contributed by atoms with Crippen LogP contribution in [0, 0.1) is 0 Å². The Bertz CT molecular complexity index is 300. The van der Waals surface area contributed by atoms with Gasteiger partial charge in [0.15, 0.2) is 5.16 Å². The Labute approximate surface area is 74.2 Å². The smallest absolute Gasteiger partial charge is 0.284 e. The van der Waals surface area contributed by atoms with E-state index in [0.29, 0.717) is 5.25 Å². The molecule has 2 rings (SSSR count). The summed E-state index contributed by atoms with van der Waals surface area (Å²) in [6.07, 6.45) is 5.12. The fraction of sp³-hybridized carbons (Fsp3) is 0.714. The maximum absolute atomic E-state index is 10.7. The molecule has 0 bridgehead atoms. The zero-order valence-corrected chi connectivity index (χ0v) is 7.49. The summed E-state index contributed by atoms with van der Waals surface area (Å²) in [4.78, 5) is 13.3. The molecular formula is C7H11N3OS. The highest BCUT2D eigenvalue weighted by Gasteiger charge is 2.17. The molecule has 1 aliphatic carbocycles. The molecule has 1 aromatic heterocycles. The number of nitrogens with zero attached hydrogens (tertiary/aromatic N) is 1. The Morgan fingerprint density at radius 2 is 2.17 bits per heavy atom. The summed E-state index contributed by atoms with van der Waals surface area (Å²) in [5, 5.41) is 7.59. The lowest BCUT2D eigenvalue weighted by atomic mass is 10.4. The van der Waals surface area contributed by atoms with Crippen LogP contribution in [0.2, 0.25) is 0 Å². The highest BCUT2D eigenvalue weighted by atomic mass is 32.2. The number of hydrogen-bond acceptors (Lipinski definition) is 3. The van der Waals surface area contributed by atoms with Crippen LogP contribution in [0.3, 0.4) is 0 Å². The minimum atomic E-state index is -0.213. The van der Waals surface area contributed by atoms with Crippen molar-refractivity contribution >= 4 is 11.8 Å². The van der Waals surface area contributed by atoms with Crippen LogP contribution in [0.4, 0.5) is 0 Å². The minimum absolute atomic E-state index is 0.213. The van der Waals surface area contributed by atoms with Crippen LogP contribution in [0.15, 0.2) is 9.95 Å². The molecule has 1 aliphatic rings. The van der Waals surface area contributed by atoms with Crippen LogP contribution >= 0.6 is 11.8 Å². The number of H-pyrrole nitrogens is 2. The molecule has 0 aliphatic heterocycles. The highest BCUT2D eigenvalue weighted by molar-refractivity contribution is 7.99. The Kier molecular flexibility index (Phi) is 2.21. The van der Waals surface area contributed by atoms with Crippen molar-refractivity contribution in [3.63, 3.8) is 0 Å². The molecule has 0 aromatic carbocycles. The van der Waals surface area contributed by atoms with Gasteiger partial charge in [-0.25, -0.2) is 9.89 Å². The molecule has 2 N–H and O–H groups in total. The maximum Gasteiger partial charge on any atom is 0.341 e. The van der Waals surface area contributed by atoms with Crippen LogP contribution in [-0.2, 0) is 0 Å². The molecule has 4 nitrogen and oxygen atoms in total. The van der Waals surface area contributed by atoms with Crippen molar-refractivity contribution in [2.24, 2.45) is 0 Å². The predicted molar refractivity (Wildman–Crippen MR) is 47.3 cm³/mol. The van der Waals surface area contributed by atoms with E-state index in [-0.39, 0.29) is 5.69 Å². The first-order valence-electron chi connectivity index (χ1n) is 4.16. The minimum Gasteiger partial charge on any atom is -0.284 e. The van der Waals surface area contributed by atoms with Crippen molar-refractivity contribution in [3.05, 3.63) is 10.5 Å². The molecule has 1 saturated carbocycles. The van der Waals surface area contributed by atoms with Crippen LogP contribution in [0.1, 0.15) is 25.7 Å². The van der Waals surface area contributed by atoms with E-state index in [0.717, 1.165) is 5.16 Å². The molecule has 1 fully saturated rings. The average molecular weight is 185 g/mol. The second-order valence-electron chi connectivity index (χ2n) is 3.01. The van der Waals surface area contributed by atoms with E-state index < -0.39 is 0 Å². The van der Waals surface area contributed by atoms with Crippen molar-refractivity contribution in [2.75, 3.05) is 0 Å². The SMILES string of the molecule is O=c1[nH]nc(SC2CCCC2)[nH]1. The van der Waals surface area contributed by atoms with Gasteiger partial charge in [0.2, 0.25) is 0 Å². The number of nitrogens with one attached hydrogen (secondary N) is 2. The standard InChI is InChI=1S/C7H11N3OS/c11-6-8-7(10-9-6)12-5-3-1-2-4-5/h5H,1-4H2,(H2,8,9,10,11). The molecule has 1 heterocycles. The van der Waals surface area contributed by atoms with Gasteiger partial charge in [-0.2, -0.15) is 0 Å². The summed E-state index contributed by atoms with van der Waals surface area (Å²) >= 11 is 1.67. The number of aromatic amines is 2. The van der Waals surface area contributed by atoms with Crippen molar-refractivity contribution in [1.29, 1.82) is 0 Å². The normalized spacial score (nSPS) is 18.7. The summed E-state index contributed by atoms with van der Waals surface area (Å²) in [7, 11) is 0. The summed E-state index contributed by atoms with van der Waals surface area (Å²) in [6.45, 7) is 0. The van der Waals surface area contributed by atoms with Crippen LogP contribution in [0.5, 0.6) is 0 Å². The summed E-state index contributed by atoms with van der Waals surface area (Å²) in [5.74, 6) is 0. The van der Waals surface area contributed by atoms with Crippen molar-refractivity contribution in [1.82, 2.24) is 15.2 Å². The van der Waals surface area contributed by atoms with Crippen LogP contribution in [-0.4, -0.2) is 20.4 Å². The largest absolute Gasteiger partial charge is 0.341 e. The highest BCUT2D eigenvalue weighted by Crippen LogP contribution is 2.32. The molecule has 66 valence electrons. The Hall–Kier alpha value is -0.710. The van der Waals surface area contributed by atoms with E-state index >= 15 is 0 Å². The van der Waals surface area contributed by atoms with E-state index in [2.05, 4.69) is 15.2 Å². The van der Waals surface area contributed by atoms with E-state index in [1.54, 1.807) is 11.8 Å². The van der Waals surface area contributed by atoms with E-state index in [1.165, 1.54) is 25.7 Å². The third-order valence-corrected chi connectivity index (χ3v) is 3.28. The van der Waals surface area contributed by atoms with Gasteiger partial charge in [-0.05, 0) is 12.8 Å². The molecule has 0 saturated heterocycles. The monoisotopic (exact) mass is 185 g/mol. The summed E-state index contributed by atoms with van der Waals surface area (Å²) in [6, 6.07) is 0. The molecule has 0 amide bonds. The predicted octanol–water partition coefficient (Wildman–Crippen LogP) is 1.13. The van der Waals surface area contributed by atoms with Gasteiger partial charge < -0.3 is 0 Å². The van der Waals surface area contributed by atoms with E-state index in [9.17, 15) is 4.79 Å². The first-order valence-corrected chi connectivity index (χ1v) is 5.04.